The Bertz CT molecular complexity index is 132. The second-order valence-corrected chi connectivity index (χ2v) is 1.32. The summed E-state index contributed by atoms with van der Waals surface area (Å²) in [7, 11) is 0. The lowest BCUT2D eigenvalue weighted by Crippen LogP contribution is -2.03. The van der Waals surface area contributed by atoms with Crippen LogP contribution in [0.3, 0.4) is 0 Å². The first-order chi connectivity index (χ1) is 4.41. The molecule has 0 saturated carbocycles. The lowest BCUT2D eigenvalue weighted by Gasteiger charge is -1.88. The number of rotatable bonds is 4. The molecule has 0 spiro atoms. The van der Waals surface area contributed by atoms with E-state index in [1.165, 1.54) is 6.21 Å². The van der Waals surface area contributed by atoms with Crippen molar-refractivity contribution in [2.45, 2.75) is 6.42 Å². The van der Waals surface area contributed by atoms with Crippen molar-refractivity contribution in [3.05, 3.63) is 12.7 Å². The quantitative estimate of drug-likeness (QED) is 0.258. The van der Waals surface area contributed by atoms with Crippen LogP contribution in [0.2, 0.25) is 0 Å². The van der Waals surface area contributed by atoms with Crippen molar-refractivity contribution in [1.29, 1.82) is 5.26 Å². The monoisotopic (exact) mass is 123 g/mol. The summed E-state index contributed by atoms with van der Waals surface area (Å²) in [6.07, 6.45) is 3.57. The number of hydrogen-bond donors (Lipinski definition) is 1. The van der Waals surface area contributed by atoms with Gasteiger partial charge in [0.1, 0.15) is 0 Å². The van der Waals surface area contributed by atoms with E-state index in [9.17, 15) is 0 Å². The van der Waals surface area contributed by atoms with E-state index in [2.05, 4.69) is 17.1 Å². The molecule has 48 valence electrons. The molecule has 1 N–H and O–H groups in total. The first-order valence-corrected chi connectivity index (χ1v) is 2.64. The topological polar surface area (TPSA) is 48.2 Å². The van der Waals surface area contributed by atoms with Crippen molar-refractivity contribution in [2.75, 3.05) is 6.54 Å². The molecule has 0 aromatic heterocycles. The molecular weight excluding hydrogens is 114 g/mol. The van der Waals surface area contributed by atoms with E-state index >= 15 is 0 Å². The van der Waals surface area contributed by atoms with Gasteiger partial charge in [-0.2, -0.15) is 10.4 Å². The third-order valence-electron chi connectivity index (χ3n) is 0.601. The van der Waals surface area contributed by atoms with E-state index in [4.69, 9.17) is 5.26 Å². The highest BCUT2D eigenvalue weighted by Gasteiger charge is 1.70. The van der Waals surface area contributed by atoms with Crippen molar-refractivity contribution >= 4 is 6.21 Å². The summed E-state index contributed by atoms with van der Waals surface area (Å²) >= 11 is 0. The van der Waals surface area contributed by atoms with E-state index in [1.54, 1.807) is 6.08 Å². The summed E-state index contributed by atoms with van der Waals surface area (Å²) in [6, 6.07) is 1.93. The Morgan fingerprint density at radius 2 is 2.56 bits per heavy atom. The Hall–Kier alpha value is -1.30. The van der Waals surface area contributed by atoms with Crippen LogP contribution in [0.5, 0.6) is 0 Å². The largest absolute Gasteiger partial charge is 0.307 e. The minimum atomic E-state index is 0.351. The number of nitrogens with zero attached hydrogens (tertiary/aromatic N) is 2. The fourth-order valence-electron chi connectivity index (χ4n) is 0.268. The molecule has 0 aromatic rings. The van der Waals surface area contributed by atoms with Gasteiger partial charge in [-0.1, -0.05) is 6.08 Å². The number of nitrogens with one attached hydrogen (secondary N) is 1. The standard InChI is InChI=1S/C6H9N3/c1-2-5-8-9-6-3-4-7/h2,6,8H,1,3,5H2/b9-6-. The van der Waals surface area contributed by atoms with Gasteiger partial charge in [0.15, 0.2) is 0 Å². The van der Waals surface area contributed by atoms with Gasteiger partial charge in [0.25, 0.3) is 0 Å². The van der Waals surface area contributed by atoms with Crippen LogP contribution >= 0.6 is 0 Å². The molecule has 0 aliphatic rings. The molecule has 3 heteroatoms. The van der Waals surface area contributed by atoms with E-state index in [1.807, 2.05) is 6.07 Å². The summed E-state index contributed by atoms with van der Waals surface area (Å²) in [6.45, 7) is 4.12. The third kappa shape index (κ3) is 6.70. The lowest BCUT2D eigenvalue weighted by molar-refractivity contribution is 0.829. The first kappa shape index (κ1) is 7.70. The minimum Gasteiger partial charge on any atom is -0.307 e. The molecule has 0 aliphatic heterocycles. The second-order valence-electron chi connectivity index (χ2n) is 1.32. The van der Waals surface area contributed by atoms with Gasteiger partial charge in [-0.3, -0.25) is 0 Å². The number of hydrazone groups is 1. The van der Waals surface area contributed by atoms with Crippen LogP contribution in [0, 0.1) is 11.3 Å². The predicted octanol–water partition coefficient (Wildman–Crippen LogP) is 0.661. The SMILES string of the molecule is C=CCN/N=C\CC#N. The highest BCUT2D eigenvalue weighted by Crippen LogP contribution is 1.65. The molecule has 0 heterocycles. The summed E-state index contributed by atoms with van der Waals surface area (Å²) < 4.78 is 0. The van der Waals surface area contributed by atoms with Crippen molar-refractivity contribution < 1.29 is 0 Å². The Morgan fingerprint density at radius 1 is 1.78 bits per heavy atom. The van der Waals surface area contributed by atoms with E-state index in [0.717, 1.165) is 0 Å². The Balaban J connectivity index is 3.06. The summed E-state index contributed by atoms with van der Waals surface area (Å²) in [4.78, 5) is 0. The van der Waals surface area contributed by atoms with Crippen molar-refractivity contribution in [2.24, 2.45) is 5.10 Å². The lowest BCUT2D eigenvalue weighted by atomic mass is 10.5. The molecule has 9 heavy (non-hydrogen) atoms. The zero-order chi connectivity index (χ0) is 6.95. The van der Waals surface area contributed by atoms with Crippen LogP contribution in [-0.4, -0.2) is 12.8 Å². The minimum absolute atomic E-state index is 0.351. The highest BCUT2D eigenvalue weighted by molar-refractivity contribution is 5.59. The summed E-state index contributed by atoms with van der Waals surface area (Å²) in [5, 5.41) is 11.7. The molecular formula is C6H9N3. The predicted molar refractivity (Wildman–Crippen MR) is 36.9 cm³/mol. The van der Waals surface area contributed by atoms with Gasteiger partial charge in [-0.15, -0.1) is 6.58 Å². The van der Waals surface area contributed by atoms with Crippen molar-refractivity contribution in [3.63, 3.8) is 0 Å². The fourth-order valence-corrected chi connectivity index (χ4v) is 0.268. The van der Waals surface area contributed by atoms with Gasteiger partial charge in [0.05, 0.1) is 19.0 Å². The van der Waals surface area contributed by atoms with E-state index < -0.39 is 0 Å². The van der Waals surface area contributed by atoms with Crippen LogP contribution in [0.25, 0.3) is 0 Å². The Kier molecular flexibility index (Phi) is 5.73. The van der Waals surface area contributed by atoms with Gasteiger partial charge >= 0.3 is 0 Å². The van der Waals surface area contributed by atoms with Crippen LogP contribution < -0.4 is 5.43 Å². The molecule has 0 fully saturated rings. The maximum Gasteiger partial charge on any atom is 0.0722 e. The molecule has 0 atom stereocenters. The average Bonchev–Trinajstić information content (AvgIpc) is 1.89. The molecule has 0 radical (unpaired) electrons. The molecule has 0 rings (SSSR count). The first-order valence-electron chi connectivity index (χ1n) is 2.64. The van der Waals surface area contributed by atoms with Gasteiger partial charge in [-0.25, -0.2) is 0 Å². The number of nitriles is 1. The van der Waals surface area contributed by atoms with Crippen LogP contribution in [-0.2, 0) is 0 Å². The maximum absolute atomic E-state index is 8.03. The van der Waals surface area contributed by atoms with Gasteiger partial charge in [0, 0.05) is 6.21 Å². The van der Waals surface area contributed by atoms with Gasteiger partial charge < -0.3 is 5.43 Å². The maximum atomic E-state index is 8.03. The summed E-state index contributed by atoms with van der Waals surface area (Å²) in [5.41, 5.74) is 2.67. The molecule has 0 aromatic carbocycles. The zero-order valence-electron chi connectivity index (χ0n) is 5.17. The molecule has 0 unspecified atom stereocenters. The highest BCUT2D eigenvalue weighted by atomic mass is 15.3. The summed E-state index contributed by atoms with van der Waals surface area (Å²) in [5.74, 6) is 0. The smallest absolute Gasteiger partial charge is 0.0722 e. The van der Waals surface area contributed by atoms with E-state index in [-0.39, 0.29) is 0 Å². The van der Waals surface area contributed by atoms with Gasteiger partial charge in [-0.05, 0) is 0 Å². The van der Waals surface area contributed by atoms with Crippen LogP contribution in [0.1, 0.15) is 6.42 Å². The third-order valence-corrected chi connectivity index (χ3v) is 0.601. The number of hydrogen-bond acceptors (Lipinski definition) is 3. The van der Waals surface area contributed by atoms with Crippen molar-refractivity contribution in [3.8, 4) is 6.07 Å². The molecule has 0 aliphatic carbocycles. The average molecular weight is 123 g/mol. The molecule has 3 nitrogen and oxygen atoms in total. The van der Waals surface area contributed by atoms with Crippen molar-refractivity contribution in [1.82, 2.24) is 5.43 Å². The Labute approximate surface area is 54.7 Å². The van der Waals surface area contributed by atoms with Crippen LogP contribution in [0.4, 0.5) is 0 Å². The Morgan fingerprint density at radius 3 is 3.11 bits per heavy atom. The van der Waals surface area contributed by atoms with E-state index in [0.29, 0.717) is 13.0 Å². The molecule has 0 amide bonds. The second kappa shape index (κ2) is 6.70. The zero-order valence-corrected chi connectivity index (χ0v) is 5.17. The molecule has 0 bridgehead atoms. The normalized spacial score (nSPS) is 8.78. The molecule has 0 saturated heterocycles. The van der Waals surface area contributed by atoms with Gasteiger partial charge in [0.2, 0.25) is 0 Å². The van der Waals surface area contributed by atoms with Crippen LogP contribution in [0.15, 0.2) is 17.8 Å². The fraction of sp³-hybridized carbons (Fsp3) is 0.333.